The first-order chi connectivity index (χ1) is 8.44. The second-order valence-corrected chi connectivity index (χ2v) is 5.38. The first-order valence-electron chi connectivity index (χ1n) is 5.95. The van der Waals surface area contributed by atoms with Crippen LogP contribution in [0.5, 0.6) is 5.75 Å². The third kappa shape index (κ3) is 5.44. The quantitative estimate of drug-likeness (QED) is 0.759. The largest absolute Gasteiger partial charge is 0.489 e. The van der Waals surface area contributed by atoms with Crippen LogP contribution in [0, 0.1) is 0 Å². The minimum atomic E-state index is -0.944. The Morgan fingerprint density at radius 2 is 2.11 bits per heavy atom. The molecule has 1 atom stereocenters. The number of hydrogen-bond acceptors (Lipinski definition) is 3. The minimum absolute atomic E-state index is 0.157. The highest BCUT2D eigenvalue weighted by Crippen LogP contribution is 2.28. The topological polar surface area (TPSA) is 41.5 Å². The predicted molar refractivity (Wildman–Crippen MR) is 75.7 cm³/mol. The molecule has 0 saturated carbocycles. The standard InChI is InChI=1S/C13H19Cl2NO2/c1-3-6-16-8-13(2,17)9-18-12-7-10(14)4-5-11(12)15/h4-5,7,16-17H,3,6,8-9H2,1-2H3. The number of rotatable bonds is 7. The minimum Gasteiger partial charge on any atom is -0.489 e. The van der Waals surface area contributed by atoms with Gasteiger partial charge < -0.3 is 15.2 Å². The fourth-order valence-electron chi connectivity index (χ4n) is 1.41. The molecule has 0 heterocycles. The van der Waals surface area contributed by atoms with Gasteiger partial charge in [-0.2, -0.15) is 0 Å². The molecule has 5 heteroatoms. The van der Waals surface area contributed by atoms with Crippen molar-refractivity contribution in [3.8, 4) is 5.75 Å². The monoisotopic (exact) mass is 291 g/mol. The van der Waals surface area contributed by atoms with E-state index >= 15 is 0 Å². The molecule has 0 aliphatic rings. The SMILES string of the molecule is CCCNCC(C)(O)COc1cc(Cl)ccc1Cl. The van der Waals surface area contributed by atoms with Crippen molar-refractivity contribution in [1.82, 2.24) is 5.32 Å². The van der Waals surface area contributed by atoms with Gasteiger partial charge in [0.15, 0.2) is 0 Å². The maximum absolute atomic E-state index is 10.1. The van der Waals surface area contributed by atoms with Gasteiger partial charge in [-0.15, -0.1) is 0 Å². The van der Waals surface area contributed by atoms with Gasteiger partial charge in [-0.1, -0.05) is 30.1 Å². The van der Waals surface area contributed by atoms with Crippen LogP contribution in [0.2, 0.25) is 10.0 Å². The van der Waals surface area contributed by atoms with Crippen molar-refractivity contribution in [2.24, 2.45) is 0 Å². The fourth-order valence-corrected chi connectivity index (χ4v) is 1.74. The van der Waals surface area contributed by atoms with E-state index in [4.69, 9.17) is 27.9 Å². The number of aliphatic hydroxyl groups is 1. The molecule has 0 aliphatic carbocycles. The van der Waals surface area contributed by atoms with Crippen molar-refractivity contribution in [2.75, 3.05) is 19.7 Å². The predicted octanol–water partition coefficient (Wildman–Crippen LogP) is 3.12. The van der Waals surface area contributed by atoms with Crippen LogP contribution in [0.1, 0.15) is 20.3 Å². The molecule has 3 nitrogen and oxygen atoms in total. The Morgan fingerprint density at radius 3 is 2.78 bits per heavy atom. The Labute approximate surface area is 118 Å². The number of nitrogens with one attached hydrogen (secondary N) is 1. The maximum Gasteiger partial charge on any atom is 0.139 e. The summed E-state index contributed by atoms with van der Waals surface area (Å²) in [5.74, 6) is 0.486. The van der Waals surface area contributed by atoms with E-state index in [1.807, 2.05) is 0 Å². The highest BCUT2D eigenvalue weighted by molar-refractivity contribution is 6.34. The Bertz CT molecular complexity index is 383. The molecule has 0 bridgehead atoms. The zero-order chi connectivity index (χ0) is 13.6. The highest BCUT2D eigenvalue weighted by atomic mass is 35.5. The zero-order valence-electron chi connectivity index (χ0n) is 10.7. The van der Waals surface area contributed by atoms with Gasteiger partial charge in [-0.3, -0.25) is 0 Å². The van der Waals surface area contributed by atoms with Crippen LogP contribution in [0.25, 0.3) is 0 Å². The summed E-state index contributed by atoms with van der Waals surface area (Å²) >= 11 is 11.8. The van der Waals surface area contributed by atoms with Crippen molar-refractivity contribution < 1.29 is 9.84 Å². The molecule has 0 aliphatic heterocycles. The average molecular weight is 292 g/mol. The third-order valence-electron chi connectivity index (χ3n) is 2.36. The molecule has 1 aromatic rings. The highest BCUT2D eigenvalue weighted by Gasteiger charge is 2.21. The van der Waals surface area contributed by atoms with Gasteiger partial charge in [0.2, 0.25) is 0 Å². The molecule has 1 aromatic carbocycles. The number of hydrogen-bond donors (Lipinski definition) is 2. The summed E-state index contributed by atoms with van der Waals surface area (Å²) in [6.07, 6.45) is 1.02. The molecule has 0 fully saturated rings. The molecule has 18 heavy (non-hydrogen) atoms. The molecule has 2 N–H and O–H groups in total. The summed E-state index contributed by atoms with van der Waals surface area (Å²) in [6, 6.07) is 5.00. The number of benzene rings is 1. The van der Waals surface area contributed by atoms with Crippen molar-refractivity contribution >= 4 is 23.2 Å². The van der Waals surface area contributed by atoms with Crippen molar-refractivity contribution in [1.29, 1.82) is 0 Å². The first-order valence-corrected chi connectivity index (χ1v) is 6.71. The average Bonchev–Trinajstić information content (AvgIpc) is 2.31. The van der Waals surface area contributed by atoms with Gasteiger partial charge in [-0.05, 0) is 32.0 Å². The van der Waals surface area contributed by atoms with E-state index in [9.17, 15) is 5.11 Å². The lowest BCUT2D eigenvalue weighted by Gasteiger charge is -2.24. The molecule has 0 aromatic heterocycles. The molecule has 102 valence electrons. The Balaban J connectivity index is 2.50. The Morgan fingerprint density at radius 1 is 1.39 bits per heavy atom. The number of ether oxygens (including phenoxy) is 1. The van der Waals surface area contributed by atoms with Crippen LogP contribution in [-0.2, 0) is 0 Å². The molecule has 0 saturated heterocycles. The van der Waals surface area contributed by atoms with Crippen LogP contribution in [-0.4, -0.2) is 30.4 Å². The Kier molecular flexibility index (Phi) is 6.22. The molecular weight excluding hydrogens is 273 g/mol. The maximum atomic E-state index is 10.1. The van der Waals surface area contributed by atoms with E-state index in [2.05, 4.69) is 12.2 Å². The smallest absolute Gasteiger partial charge is 0.139 e. The molecule has 1 rings (SSSR count). The summed E-state index contributed by atoms with van der Waals surface area (Å²) in [5, 5.41) is 14.3. The van der Waals surface area contributed by atoms with Gasteiger partial charge in [0, 0.05) is 17.6 Å². The van der Waals surface area contributed by atoms with Crippen molar-refractivity contribution in [3.63, 3.8) is 0 Å². The van der Waals surface area contributed by atoms with Crippen LogP contribution >= 0.6 is 23.2 Å². The lowest BCUT2D eigenvalue weighted by atomic mass is 10.1. The van der Waals surface area contributed by atoms with E-state index in [1.165, 1.54) is 0 Å². The molecule has 0 amide bonds. The second-order valence-electron chi connectivity index (χ2n) is 4.54. The van der Waals surface area contributed by atoms with Crippen LogP contribution in [0.3, 0.4) is 0 Å². The van der Waals surface area contributed by atoms with E-state index in [-0.39, 0.29) is 6.61 Å². The lowest BCUT2D eigenvalue weighted by molar-refractivity contribution is 0.0125. The van der Waals surface area contributed by atoms with Gasteiger partial charge in [-0.25, -0.2) is 0 Å². The van der Waals surface area contributed by atoms with Gasteiger partial charge in [0.1, 0.15) is 18.0 Å². The van der Waals surface area contributed by atoms with Crippen molar-refractivity contribution in [3.05, 3.63) is 28.2 Å². The molecule has 1 unspecified atom stereocenters. The summed E-state index contributed by atoms with van der Waals surface area (Å²) in [5.41, 5.74) is -0.944. The zero-order valence-corrected chi connectivity index (χ0v) is 12.2. The molecule has 0 radical (unpaired) electrons. The summed E-state index contributed by atoms with van der Waals surface area (Å²) < 4.78 is 5.51. The van der Waals surface area contributed by atoms with Gasteiger partial charge >= 0.3 is 0 Å². The summed E-state index contributed by atoms with van der Waals surface area (Å²) in [6.45, 7) is 5.29. The molecule has 0 spiro atoms. The molecular formula is C13H19Cl2NO2. The number of halogens is 2. The lowest BCUT2D eigenvalue weighted by Crippen LogP contribution is -2.43. The van der Waals surface area contributed by atoms with E-state index < -0.39 is 5.60 Å². The van der Waals surface area contributed by atoms with Crippen molar-refractivity contribution in [2.45, 2.75) is 25.9 Å². The van der Waals surface area contributed by atoms with E-state index in [0.29, 0.717) is 22.3 Å². The third-order valence-corrected chi connectivity index (χ3v) is 2.91. The first kappa shape index (κ1) is 15.6. The van der Waals surface area contributed by atoms with E-state index in [1.54, 1.807) is 25.1 Å². The summed E-state index contributed by atoms with van der Waals surface area (Å²) in [4.78, 5) is 0. The van der Waals surface area contributed by atoms with Gasteiger partial charge in [0.05, 0.1) is 5.02 Å². The van der Waals surface area contributed by atoms with Crippen LogP contribution in [0.4, 0.5) is 0 Å². The van der Waals surface area contributed by atoms with E-state index in [0.717, 1.165) is 13.0 Å². The van der Waals surface area contributed by atoms with Gasteiger partial charge in [0.25, 0.3) is 0 Å². The van der Waals surface area contributed by atoms with Crippen LogP contribution in [0.15, 0.2) is 18.2 Å². The fraction of sp³-hybridized carbons (Fsp3) is 0.538. The Hall–Kier alpha value is -0.480. The normalized spacial score (nSPS) is 14.3. The second kappa shape index (κ2) is 7.19. The summed E-state index contributed by atoms with van der Waals surface area (Å²) in [7, 11) is 0. The van der Waals surface area contributed by atoms with Crippen LogP contribution < -0.4 is 10.1 Å².